The van der Waals surface area contributed by atoms with E-state index in [-0.39, 0.29) is 0 Å². The Morgan fingerprint density at radius 1 is 1.50 bits per heavy atom. The van der Waals surface area contributed by atoms with Crippen LogP contribution in [-0.4, -0.2) is 15.7 Å². The van der Waals surface area contributed by atoms with Gasteiger partial charge >= 0.3 is 0 Å². The van der Waals surface area contributed by atoms with Gasteiger partial charge in [-0.05, 0) is 39.0 Å². The van der Waals surface area contributed by atoms with Crippen molar-refractivity contribution in [3.8, 4) is 0 Å². The Bertz CT molecular complexity index is 355. The first-order chi connectivity index (χ1) is 7.52. The van der Waals surface area contributed by atoms with Gasteiger partial charge in [0.2, 0.25) is 0 Å². The van der Waals surface area contributed by atoms with Gasteiger partial charge in [0.15, 0.2) is 0 Å². The Kier molecular flexibility index (Phi) is 3.36. The smallest absolute Gasteiger partial charge is 0.0959 e. The molecule has 2 unspecified atom stereocenters. The van der Waals surface area contributed by atoms with Crippen molar-refractivity contribution in [3.05, 3.63) is 15.6 Å². The third-order valence-electron chi connectivity index (χ3n) is 3.82. The standard InChI is InChI=1S/C13H21NOS/c1-4-11-5-6-13(15,7-11)8-12-14-9(2)10(3)16-12/h11,15H,4-8H2,1-3H3. The Balaban J connectivity index is 2.04. The van der Waals surface area contributed by atoms with Gasteiger partial charge in [-0.3, -0.25) is 0 Å². The lowest BCUT2D eigenvalue weighted by molar-refractivity contribution is 0.0436. The molecule has 1 N–H and O–H groups in total. The zero-order chi connectivity index (χ0) is 11.8. The van der Waals surface area contributed by atoms with E-state index in [0.717, 1.165) is 30.0 Å². The predicted octanol–water partition coefficient (Wildman–Crippen LogP) is 3.24. The summed E-state index contributed by atoms with van der Waals surface area (Å²) in [6, 6.07) is 0. The molecule has 1 heterocycles. The van der Waals surface area contributed by atoms with Crippen molar-refractivity contribution in [1.82, 2.24) is 4.98 Å². The van der Waals surface area contributed by atoms with Gasteiger partial charge in [-0.1, -0.05) is 13.3 Å². The number of thiazole rings is 1. The van der Waals surface area contributed by atoms with Crippen molar-refractivity contribution in [2.24, 2.45) is 5.92 Å². The van der Waals surface area contributed by atoms with Gasteiger partial charge in [-0.15, -0.1) is 11.3 Å². The van der Waals surface area contributed by atoms with Crippen LogP contribution in [0.25, 0.3) is 0 Å². The number of nitrogens with zero attached hydrogens (tertiary/aromatic N) is 1. The van der Waals surface area contributed by atoms with Crippen LogP contribution >= 0.6 is 11.3 Å². The Morgan fingerprint density at radius 2 is 2.25 bits per heavy atom. The van der Waals surface area contributed by atoms with E-state index in [2.05, 4.69) is 18.8 Å². The van der Waals surface area contributed by atoms with Crippen molar-refractivity contribution >= 4 is 11.3 Å². The third-order valence-corrected chi connectivity index (χ3v) is 4.89. The molecule has 1 aromatic rings. The lowest BCUT2D eigenvalue weighted by atomic mass is 9.96. The highest BCUT2D eigenvalue weighted by molar-refractivity contribution is 7.11. The average Bonchev–Trinajstić information content (AvgIpc) is 2.72. The van der Waals surface area contributed by atoms with Crippen LogP contribution in [-0.2, 0) is 6.42 Å². The quantitative estimate of drug-likeness (QED) is 0.878. The van der Waals surface area contributed by atoms with Gasteiger partial charge in [0, 0.05) is 11.3 Å². The number of aryl methyl sites for hydroxylation is 2. The molecule has 1 aromatic heterocycles. The molecule has 90 valence electrons. The highest BCUT2D eigenvalue weighted by Gasteiger charge is 2.37. The minimum absolute atomic E-state index is 0.475. The lowest BCUT2D eigenvalue weighted by Gasteiger charge is -2.21. The van der Waals surface area contributed by atoms with E-state index >= 15 is 0 Å². The van der Waals surface area contributed by atoms with Crippen LogP contribution in [0, 0.1) is 19.8 Å². The van der Waals surface area contributed by atoms with E-state index in [1.54, 1.807) is 11.3 Å². The van der Waals surface area contributed by atoms with Crippen LogP contribution in [0.4, 0.5) is 0 Å². The third kappa shape index (κ3) is 2.46. The molecule has 0 amide bonds. The average molecular weight is 239 g/mol. The summed E-state index contributed by atoms with van der Waals surface area (Å²) >= 11 is 1.74. The van der Waals surface area contributed by atoms with Crippen molar-refractivity contribution in [2.75, 3.05) is 0 Å². The fourth-order valence-corrected chi connectivity index (χ4v) is 3.69. The molecule has 3 heteroatoms. The zero-order valence-corrected chi connectivity index (χ0v) is 11.2. The van der Waals surface area contributed by atoms with E-state index < -0.39 is 5.60 Å². The maximum Gasteiger partial charge on any atom is 0.0959 e. The molecule has 0 radical (unpaired) electrons. The number of aliphatic hydroxyl groups is 1. The molecule has 2 nitrogen and oxygen atoms in total. The predicted molar refractivity (Wildman–Crippen MR) is 67.9 cm³/mol. The number of hydrogen-bond acceptors (Lipinski definition) is 3. The molecule has 0 aromatic carbocycles. The first-order valence-electron chi connectivity index (χ1n) is 6.18. The molecule has 0 spiro atoms. The molecule has 1 saturated carbocycles. The molecule has 1 aliphatic rings. The van der Waals surface area contributed by atoms with Crippen LogP contribution in [0.1, 0.15) is 48.2 Å². The second-order valence-electron chi connectivity index (χ2n) is 5.17. The van der Waals surface area contributed by atoms with Crippen molar-refractivity contribution in [1.29, 1.82) is 0 Å². The molecule has 2 rings (SSSR count). The SMILES string of the molecule is CCC1CCC(O)(Cc2nc(C)c(C)s2)C1. The Labute approximate surface area is 102 Å². The van der Waals surface area contributed by atoms with E-state index in [1.807, 2.05) is 6.92 Å². The van der Waals surface area contributed by atoms with Crippen LogP contribution in [0.3, 0.4) is 0 Å². The highest BCUT2D eigenvalue weighted by Crippen LogP contribution is 2.39. The van der Waals surface area contributed by atoms with Gasteiger partial charge in [0.25, 0.3) is 0 Å². The maximum atomic E-state index is 10.5. The number of hydrogen-bond donors (Lipinski definition) is 1. The van der Waals surface area contributed by atoms with E-state index in [0.29, 0.717) is 5.92 Å². The summed E-state index contributed by atoms with van der Waals surface area (Å²) in [5.41, 5.74) is 0.644. The van der Waals surface area contributed by atoms with Gasteiger partial charge in [-0.2, -0.15) is 0 Å². The lowest BCUT2D eigenvalue weighted by Crippen LogP contribution is -2.27. The van der Waals surface area contributed by atoms with Crippen molar-refractivity contribution in [2.45, 2.75) is 58.5 Å². The number of aromatic nitrogens is 1. The normalized spacial score (nSPS) is 29.9. The van der Waals surface area contributed by atoms with Crippen LogP contribution in [0.5, 0.6) is 0 Å². The van der Waals surface area contributed by atoms with Gasteiger partial charge in [0.1, 0.15) is 0 Å². The fourth-order valence-electron chi connectivity index (χ4n) is 2.62. The van der Waals surface area contributed by atoms with Crippen LogP contribution in [0.15, 0.2) is 0 Å². The molecule has 16 heavy (non-hydrogen) atoms. The first-order valence-corrected chi connectivity index (χ1v) is 6.99. The van der Waals surface area contributed by atoms with Gasteiger partial charge < -0.3 is 5.11 Å². The summed E-state index contributed by atoms with van der Waals surface area (Å²) in [4.78, 5) is 5.81. The van der Waals surface area contributed by atoms with Gasteiger partial charge in [-0.25, -0.2) is 4.98 Å². The summed E-state index contributed by atoms with van der Waals surface area (Å²) in [5.74, 6) is 0.715. The van der Waals surface area contributed by atoms with Gasteiger partial charge in [0.05, 0.1) is 16.3 Å². The summed E-state index contributed by atoms with van der Waals surface area (Å²) < 4.78 is 0. The second kappa shape index (κ2) is 4.46. The summed E-state index contributed by atoms with van der Waals surface area (Å²) in [6.07, 6.45) is 5.03. The molecule has 0 saturated heterocycles. The minimum Gasteiger partial charge on any atom is -0.389 e. The molecule has 1 aliphatic carbocycles. The van der Waals surface area contributed by atoms with Crippen LogP contribution < -0.4 is 0 Å². The Morgan fingerprint density at radius 3 is 2.75 bits per heavy atom. The highest BCUT2D eigenvalue weighted by atomic mass is 32.1. The summed E-state index contributed by atoms with van der Waals surface area (Å²) in [5, 5.41) is 11.6. The van der Waals surface area contributed by atoms with Crippen molar-refractivity contribution in [3.63, 3.8) is 0 Å². The van der Waals surface area contributed by atoms with Crippen LogP contribution in [0.2, 0.25) is 0 Å². The summed E-state index contributed by atoms with van der Waals surface area (Å²) in [7, 11) is 0. The first kappa shape index (κ1) is 12.1. The molecular weight excluding hydrogens is 218 g/mol. The molecule has 1 fully saturated rings. The Hall–Kier alpha value is -0.410. The van der Waals surface area contributed by atoms with E-state index in [4.69, 9.17) is 0 Å². The topological polar surface area (TPSA) is 33.1 Å². The molecular formula is C13H21NOS. The molecule has 0 bridgehead atoms. The zero-order valence-electron chi connectivity index (χ0n) is 10.4. The molecule has 2 atom stereocenters. The maximum absolute atomic E-state index is 10.5. The minimum atomic E-state index is -0.475. The summed E-state index contributed by atoms with van der Waals surface area (Å²) in [6.45, 7) is 6.36. The molecule has 0 aliphatic heterocycles. The van der Waals surface area contributed by atoms with E-state index in [9.17, 15) is 5.11 Å². The van der Waals surface area contributed by atoms with Crippen molar-refractivity contribution < 1.29 is 5.11 Å². The monoisotopic (exact) mass is 239 g/mol. The largest absolute Gasteiger partial charge is 0.389 e. The second-order valence-corrected chi connectivity index (χ2v) is 6.46. The van der Waals surface area contributed by atoms with E-state index in [1.165, 1.54) is 17.7 Å². The number of rotatable bonds is 3. The fraction of sp³-hybridized carbons (Fsp3) is 0.769.